The number of carbonyl (C=O) groups excluding carboxylic acids is 1. The fourth-order valence-electron chi connectivity index (χ4n) is 3.58. The highest BCUT2D eigenvalue weighted by molar-refractivity contribution is 5.91. The summed E-state index contributed by atoms with van der Waals surface area (Å²) >= 11 is 0. The molecule has 2 aliphatic heterocycles. The van der Waals surface area contributed by atoms with Gasteiger partial charge in [0.25, 0.3) is 5.91 Å². The van der Waals surface area contributed by atoms with Gasteiger partial charge in [0.05, 0.1) is 18.8 Å². The van der Waals surface area contributed by atoms with Crippen LogP contribution in [0.15, 0.2) is 18.3 Å². The number of carbonyl (C=O) groups is 1. The smallest absolute Gasteiger partial charge is 0.289 e. The van der Waals surface area contributed by atoms with Gasteiger partial charge in [-0.05, 0) is 38.3 Å². The second-order valence-electron chi connectivity index (χ2n) is 7.14. The Morgan fingerprint density at radius 1 is 1.30 bits per heavy atom. The quantitative estimate of drug-likeness (QED) is 0.879. The predicted molar refractivity (Wildman–Crippen MR) is 97.7 cm³/mol. The number of hydrogen-bond donors (Lipinski definition) is 1. The number of amides is 1. The van der Waals surface area contributed by atoms with Crippen molar-refractivity contribution in [2.75, 3.05) is 13.2 Å². The van der Waals surface area contributed by atoms with Crippen molar-refractivity contribution >= 4 is 5.91 Å². The van der Waals surface area contributed by atoms with Crippen molar-refractivity contribution in [3.63, 3.8) is 0 Å². The van der Waals surface area contributed by atoms with E-state index in [4.69, 9.17) is 9.47 Å². The zero-order chi connectivity index (χ0) is 18.6. The molecule has 0 unspecified atom stereocenters. The van der Waals surface area contributed by atoms with Crippen molar-refractivity contribution in [1.29, 1.82) is 0 Å². The first-order chi connectivity index (χ1) is 13.2. The average molecular weight is 371 g/mol. The minimum Gasteiger partial charge on any atom is -0.484 e. The number of ether oxygens (including phenoxy) is 2. The number of fused-ring (bicyclic) bond motifs is 1. The largest absolute Gasteiger partial charge is 0.484 e. The van der Waals surface area contributed by atoms with Crippen LogP contribution in [0.4, 0.5) is 0 Å². The SMILES string of the molecule is Cc1ccc(O[C@@H]2COCC[C@@H]2NC(=O)c2nnc3n2CCCCC3)cn1. The molecule has 0 saturated carbocycles. The van der Waals surface area contributed by atoms with Crippen molar-refractivity contribution in [3.8, 4) is 5.75 Å². The van der Waals surface area contributed by atoms with Crippen LogP contribution in [0.5, 0.6) is 5.75 Å². The van der Waals surface area contributed by atoms with Crippen LogP contribution in [0.3, 0.4) is 0 Å². The molecule has 2 aliphatic rings. The zero-order valence-electron chi connectivity index (χ0n) is 15.6. The molecule has 0 bridgehead atoms. The van der Waals surface area contributed by atoms with Gasteiger partial charge in [0.2, 0.25) is 5.82 Å². The van der Waals surface area contributed by atoms with E-state index >= 15 is 0 Å². The highest BCUT2D eigenvalue weighted by atomic mass is 16.5. The van der Waals surface area contributed by atoms with Crippen LogP contribution in [0.1, 0.15) is 47.8 Å². The molecule has 1 fully saturated rings. The lowest BCUT2D eigenvalue weighted by atomic mass is 10.1. The minimum absolute atomic E-state index is 0.147. The van der Waals surface area contributed by atoms with Crippen LogP contribution in [0.2, 0.25) is 0 Å². The van der Waals surface area contributed by atoms with Crippen molar-refractivity contribution in [2.45, 2.75) is 57.7 Å². The van der Waals surface area contributed by atoms with Gasteiger partial charge in [0.15, 0.2) is 0 Å². The summed E-state index contributed by atoms with van der Waals surface area (Å²) in [4.78, 5) is 17.1. The van der Waals surface area contributed by atoms with E-state index in [9.17, 15) is 4.79 Å². The molecule has 1 amide bonds. The molecule has 0 aromatic carbocycles. The number of aryl methyl sites for hydroxylation is 2. The topological polar surface area (TPSA) is 91.2 Å². The monoisotopic (exact) mass is 371 g/mol. The molecule has 1 N–H and O–H groups in total. The van der Waals surface area contributed by atoms with E-state index in [1.165, 1.54) is 0 Å². The molecule has 27 heavy (non-hydrogen) atoms. The minimum atomic E-state index is -0.265. The van der Waals surface area contributed by atoms with Crippen molar-refractivity contribution in [3.05, 3.63) is 35.7 Å². The van der Waals surface area contributed by atoms with Crippen LogP contribution in [0.25, 0.3) is 0 Å². The number of pyridine rings is 1. The Morgan fingerprint density at radius 3 is 3.07 bits per heavy atom. The highest BCUT2D eigenvalue weighted by Gasteiger charge is 2.31. The van der Waals surface area contributed by atoms with Gasteiger partial charge in [0, 0.05) is 25.3 Å². The molecule has 8 heteroatoms. The molecule has 0 radical (unpaired) electrons. The first-order valence-corrected chi connectivity index (χ1v) is 9.61. The molecule has 2 atom stereocenters. The van der Waals surface area contributed by atoms with Crippen LogP contribution >= 0.6 is 0 Å². The molecule has 1 saturated heterocycles. The van der Waals surface area contributed by atoms with Gasteiger partial charge in [-0.15, -0.1) is 10.2 Å². The van der Waals surface area contributed by atoms with E-state index in [1.807, 2.05) is 23.6 Å². The Kier molecular flexibility index (Phi) is 5.33. The van der Waals surface area contributed by atoms with E-state index in [0.29, 0.717) is 31.2 Å². The van der Waals surface area contributed by atoms with Crippen molar-refractivity contribution < 1.29 is 14.3 Å². The van der Waals surface area contributed by atoms with Crippen molar-refractivity contribution in [1.82, 2.24) is 25.1 Å². The molecule has 8 nitrogen and oxygen atoms in total. The van der Waals surface area contributed by atoms with Gasteiger partial charge in [-0.1, -0.05) is 6.42 Å². The van der Waals surface area contributed by atoms with Gasteiger partial charge >= 0.3 is 0 Å². The Morgan fingerprint density at radius 2 is 2.22 bits per heavy atom. The zero-order valence-corrected chi connectivity index (χ0v) is 15.6. The van der Waals surface area contributed by atoms with E-state index in [2.05, 4.69) is 20.5 Å². The van der Waals surface area contributed by atoms with Gasteiger partial charge in [-0.2, -0.15) is 0 Å². The van der Waals surface area contributed by atoms with Crippen LogP contribution in [-0.4, -0.2) is 51.0 Å². The van der Waals surface area contributed by atoms with Crippen LogP contribution in [-0.2, 0) is 17.7 Å². The maximum Gasteiger partial charge on any atom is 0.289 e. The number of nitrogens with one attached hydrogen (secondary N) is 1. The van der Waals surface area contributed by atoms with E-state index in [-0.39, 0.29) is 18.1 Å². The van der Waals surface area contributed by atoms with Crippen LogP contribution in [0, 0.1) is 6.92 Å². The standard InChI is InChI=1S/C19H25N5O3/c1-13-6-7-14(11-20-13)27-16-12-26-10-8-15(16)21-19(25)18-23-22-17-5-3-2-4-9-24(17)18/h6-7,11,15-16H,2-5,8-10,12H2,1H3,(H,21,25)/t15-,16+/m0/s1. The summed E-state index contributed by atoms with van der Waals surface area (Å²) in [6.45, 7) is 3.75. The molecule has 144 valence electrons. The summed E-state index contributed by atoms with van der Waals surface area (Å²) in [5, 5.41) is 11.4. The predicted octanol–water partition coefficient (Wildman–Crippen LogP) is 1.67. The number of hydrogen-bond acceptors (Lipinski definition) is 6. The summed E-state index contributed by atoms with van der Waals surface area (Å²) in [7, 11) is 0. The molecule has 0 aliphatic carbocycles. The lowest BCUT2D eigenvalue weighted by Gasteiger charge is -2.32. The van der Waals surface area contributed by atoms with Gasteiger partial charge < -0.3 is 19.4 Å². The highest BCUT2D eigenvalue weighted by Crippen LogP contribution is 2.19. The molecule has 4 rings (SSSR count). The van der Waals surface area contributed by atoms with Gasteiger partial charge in [0.1, 0.15) is 17.7 Å². The molecule has 2 aromatic rings. The second-order valence-corrected chi connectivity index (χ2v) is 7.14. The maximum atomic E-state index is 12.9. The lowest BCUT2D eigenvalue weighted by molar-refractivity contribution is -0.0137. The maximum absolute atomic E-state index is 12.9. The van der Waals surface area contributed by atoms with E-state index in [0.717, 1.165) is 43.7 Å². The average Bonchev–Trinajstić information content (AvgIpc) is 2.94. The van der Waals surface area contributed by atoms with E-state index < -0.39 is 0 Å². The van der Waals surface area contributed by atoms with Gasteiger partial charge in [-0.25, -0.2) is 0 Å². The Balaban J connectivity index is 1.45. The summed E-state index contributed by atoms with van der Waals surface area (Å²) in [6, 6.07) is 3.64. The Hall–Kier alpha value is -2.48. The molecule has 2 aromatic heterocycles. The number of rotatable bonds is 4. The first kappa shape index (κ1) is 17.9. The third-order valence-corrected chi connectivity index (χ3v) is 5.10. The van der Waals surface area contributed by atoms with Crippen molar-refractivity contribution in [2.24, 2.45) is 0 Å². The van der Waals surface area contributed by atoms with Gasteiger partial charge in [-0.3, -0.25) is 9.78 Å². The number of aromatic nitrogens is 4. The van der Waals surface area contributed by atoms with E-state index in [1.54, 1.807) is 6.20 Å². The summed E-state index contributed by atoms with van der Waals surface area (Å²) < 4.78 is 13.5. The second kappa shape index (κ2) is 8.04. The molecule has 4 heterocycles. The number of nitrogens with zero attached hydrogens (tertiary/aromatic N) is 4. The Bertz CT molecular complexity index is 789. The fraction of sp³-hybridized carbons (Fsp3) is 0.579. The third-order valence-electron chi connectivity index (χ3n) is 5.10. The molecular formula is C19H25N5O3. The normalized spacial score (nSPS) is 22.6. The Labute approximate surface area is 158 Å². The molecular weight excluding hydrogens is 346 g/mol. The van der Waals surface area contributed by atoms with Crippen LogP contribution < -0.4 is 10.1 Å². The lowest BCUT2D eigenvalue weighted by Crippen LogP contribution is -2.51. The fourth-order valence-corrected chi connectivity index (χ4v) is 3.58. The molecule has 0 spiro atoms. The summed E-state index contributed by atoms with van der Waals surface area (Å²) in [6.07, 6.45) is 6.31. The summed E-state index contributed by atoms with van der Waals surface area (Å²) in [5.74, 6) is 1.78. The third kappa shape index (κ3) is 4.10. The summed E-state index contributed by atoms with van der Waals surface area (Å²) in [5.41, 5.74) is 0.930. The first-order valence-electron chi connectivity index (χ1n) is 9.61.